The zero-order valence-corrected chi connectivity index (χ0v) is 11.9. The van der Waals surface area contributed by atoms with Crippen molar-refractivity contribution in [1.29, 1.82) is 0 Å². The van der Waals surface area contributed by atoms with E-state index in [1.165, 1.54) is 6.20 Å². The lowest BCUT2D eigenvalue weighted by molar-refractivity contribution is -0.110. The van der Waals surface area contributed by atoms with Crippen LogP contribution in [0.4, 0.5) is 0 Å². The van der Waals surface area contributed by atoms with Crippen molar-refractivity contribution in [1.82, 2.24) is 9.55 Å². The zero-order valence-electron chi connectivity index (χ0n) is 11.9. The summed E-state index contributed by atoms with van der Waals surface area (Å²) in [5.74, 6) is 0. The molecule has 1 aromatic heterocycles. The first-order valence-electron chi connectivity index (χ1n) is 6.81. The van der Waals surface area contributed by atoms with Crippen molar-refractivity contribution in [2.45, 2.75) is 43.8 Å². The molecule has 0 aromatic carbocycles. The maximum atomic E-state index is 11.8. The summed E-state index contributed by atoms with van der Waals surface area (Å²) in [5, 5.41) is 23.9. The van der Waals surface area contributed by atoms with Crippen molar-refractivity contribution in [3.63, 3.8) is 0 Å². The van der Waals surface area contributed by atoms with E-state index in [9.17, 15) is 19.8 Å². The number of aromatic nitrogens is 2. The smallest absolute Gasteiger partial charge is 0.330 e. The molecule has 1 aliphatic rings. The molecule has 2 heterocycles. The number of aliphatic hydroxyl groups excluding tert-OH is 2. The summed E-state index contributed by atoms with van der Waals surface area (Å²) in [6.07, 6.45) is -2.00. The van der Waals surface area contributed by atoms with Gasteiger partial charge in [0.1, 0.15) is 12.2 Å². The van der Waals surface area contributed by atoms with Crippen LogP contribution in [0.1, 0.15) is 26.0 Å². The highest BCUT2D eigenvalue weighted by Gasteiger charge is 2.53. The van der Waals surface area contributed by atoms with Crippen LogP contribution in [0.2, 0.25) is 0 Å². The molecule has 10 heteroatoms. The lowest BCUT2D eigenvalue weighted by Crippen LogP contribution is -2.43. The fourth-order valence-electron chi connectivity index (χ4n) is 2.66. The van der Waals surface area contributed by atoms with Crippen LogP contribution in [0.15, 0.2) is 27.0 Å². The lowest BCUT2D eigenvalue weighted by Gasteiger charge is -2.30. The van der Waals surface area contributed by atoms with Gasteiger partial charge in [0.25, 0.3) is 5.56 Å². The monoisotopic (exact) mass is 311 g/mol. The molecule has 3 N–H and O–H groups in total. The minimum absolute atomic E-state index is 0.0847. The Morgan fingerprint density at radius 3 is 2.86 bits per heavy atom. The van der Waals surface area contributed by atoms with E-state index in [1.54, 1.807) is 6.92 Å². The van der Waals surface area contributed by atoms with Gasteiger partial charge in [0.05, 0.1) is 5.60 Å². The van der Waals surface area contributed by atoms with Gasteiger partial charge >= 0.3 is 5.69 Å². The van der Waals surface area contributed by atoms with Crippen molar-refractivity contribution in [3.8, 4) is 0 Å². The molecule has 1 aliphatic heterocycles. The molecular weight excluding hydrogens is 294 g/mol. The maximum Gasteiger partial charge on any atom is 0.330 e. The highest BCUT2D eigenvalue weighted by Crippen LogP contribution is 2.40. The fraction of sp³-hybridized carbons (Fsp3) is 0.667. The number of H-pyrrole nitrogens is 1. The molecule has 0 amide bonds. The summed E-state index contributed by atoms with van der Waals surface area (Å²) in [6, 6.07) is 1.12. The third-order valence-electron chi connectivity index (χ3n) is 3.93. The van der Waals surface area contributed by atoms with Crippen molar-refractivity contribution in [3.05, 3.63) is 43.5 Å². The second-order valence-electron chi connectivity index (χ2n) is 5.08. The molecule has 0 saturated carbocycles. The van der Waals surface area contributed by atoms with Crippen LogP contribution in [0, 0.1) is 0 Å². The van der Waals surface area contributed by atoms with Crippen molar-refractivity contribution >= 4 is 0 Å². The number of aromatic amines is 1. The summed E-state index contributed by atoms with van der Waals surface area (Å²) in [4.78, 5) is 27.6. The van der Waals surface area contributed by atoms with Crippen LogP contribution in [-0.4, -0.2) is 44.1 Å². The van der Waals surface area contributed by atoms with E-state index >= 15 is 0 Å². The highest BCUT2D eigenvalue weighted by atomic mass is 16.6. The van der Waals surface area contributed by atoms with Gasteiger partial charge in [0, 0.05) is 23.7 Å². The third-order valence-corrected chi connectivity index (χ3v) is 3.93. The molecule has 120 valence electrons. The second-order valence-corrected chi connectivity index (χ2v) is 5.08. The number of hydrogen-bond donors (Lipinski definition) is 3. The van der Waals surface area contributed by atoms with Gasteiger partial charge in [-0.15, -0.1) is 0 Å². The minimum Gasteiger partial charge on any atom is -0.387 e. The second kappa shape index (κ2) is 6.32. The minimum atomic E-state index is -1.35. The maximum absolute atomic E-state index is 11.8. The molecule has 2 rings (SSSR count). The van der Waals surface area contributed by atoms with Gasteiger partial charge in [0.15, 0.2) is 6.23 Å². The number of nitrogens with one attached hydrogen (secondary N) is 1. The normalized spacial score (nSPS) is 31.0. The summed E-state index contributed by atoms with van der Waals surface area (Å²) >= 11 is 0. The number of azide groups is 1. The Morgan fingerprint density at radius 1 is 1.55 bits per heavy atom. The van der Waals surface area contributed by atoms with Crippen molar-refractivity contribution in [2.75, 3.05) is 6.54 Å². The van der Waals surface area contributed by atoms with Gasteiger partial charge in [-0.1, -0.05) is 12.0 Å². The van der Waals surface area contributed by atoms with E-state index in [4.69, 9.17) is 10.3 Å². The van der Waals surface area contributed by atoms with E-state index < -0.39 is 35.3 Å². The number of ether oxygens (including phenoxy) is 1. The number of rotatable bonds is 5. The van der Waals surface area contributed by atoms with Crippen molar-refractivity contribution < 1.29 is 14.9 Å². The predicted molar refractivity (Wildman–Crippen MR) is 75.1 cm³/mol. The van der Waals surface area contributed by atoms with Gasteiger partial charge in [-0.3, -0.25) is 14.3 Å². The summed E-state index contributed by atoms with van der Waals surface area (Å²) in [5.41, 5.74) is 5.89. The molecule has 22 heavy (non-hydrogen) atoms. The predicted octanol–water partition coefficient (Wildman–Crippen LogP) is -0.364. The molecule has 1 unspecified atom stereocenters. The topological polar surface area (TPSA) is 153 Å². The van der Waals surface area contributed by atoms with E-state index in [0.717, 1.165) is 10.6 Å². The van der Waals surface area contributed by atoms with Crippen LogP contribution in [0.25, 0.3) is 10.4 Å². The van der Waals surface area contributed by atoms with E-state index in [0.29, 0.717) is 6.42 Å². The molecule has 4 atom stereocenters. The molecule has 10 nitrogen and oxygen atoms in total. The molecule has 0 spiro atoms. The van der Waals surface area contributed by atoms with Crippen LogP contribution in [0.3, 0.4) is 0 Å². The summed E-state index contributed by atoms with van der Waals surface area (Å²) in [7, 11) is 0. The van der Waals surface area contributed by atoms with Gasteiger partial charge in [-0.2, -0.15) is 0 Å². The van der Waals surface area contributed by atoms with Crippen LogP contribution in [0.5, 0.6) is 0 Å². The molecule has 0 radical (unpaired) electrons. The van der Waals surface area contributed by atoms with Gasteiger partial charge < -0.3 is 14.9 Å². The average molecular weight is 311 g/mol. The van der Waals surface area contributed by atoms with Crippen LogP contribution in [-0.2, 0) is 4.74 Å². The van der Waals surface area contributed by atoms with E-state index in [1.807, 2.05) is 0 Å². The Bertz CT molecular complexity index is 694. The lowest BCUT2D eigenvalue weighted by atomic mass is 9.89. The van der Waals surface area contributed by atoms with Crippen LogP contribution < -0.4 is 11.2 Å². The quantitative estimate of drug-likeness (QED) is 0.385. The Labute approximate surface area is 124 Å². The summed E-state index contributed by atoms with van der Waals surface area (Å²) in [6.45, 7) is 1.84. The number of hydrogen-bond acceptors (Lipinski definition) is 6. The first-order valence-corrected chi connectivity index (χ1v) is 6.81. The van der Waals surface area contributed by atoms with E-state index in [2.05, 4.69) is 15.0 Å². The third kappa shape index (κ3) is 2.77. The molecule has 0 bridgehead atoms. The highest BCUT2D eigenvalue weighted by molar-refractivity contribution is 5.01. The SMILES string of the molecule is CC[C@@]1(CCN=[N+]=[N-])O[C@@H](n2ccc(=O)[nH]c2=O)C(O)[C@H]1O. The Balaban J connectivity index is 2.34. The Hall–Kier alpha value is -2.13. The fourth-order valence-corrected chi connectivity index (χ4v) is 2.66. The molecular formula is C12H17N5O5. The van der Waals surface area contributed by atoms with Crippen molar-refractivity contribution in [2.24, 2.45) is 5.11 Å². The number of aliphatic hydroxyl groups is 2. The largest absolute Gasteiger partial charge is 0.387 e. The first-order chi connectivity index (χ1) is 10.4. The molecule has 1 fully saturated rings. The Kier molecular flexibility index (Phi) is 4.67. The average Bonchev–Trinajstić information content (AvgIpc) is 2.73. The molecule has 0 aliphatic carbocycles. The Morgan fingerprint density at radius 2 is 2.27 bits per heavy atom. The van der Waals surface area contributed by atoms with Crippen LogP contribution >= 0.6 is 0 Å². The molecule has 1 aromatic rings. The molecule has 1 saturated heterocycles. The van der Waals surface area contributed by atoms with Gasteiger partial charge in [-0.05, 0) is 18.4 Å². The summed E-state index contributed by atoms with van der Waals surface area (Å²) < 4.78 is 6.75. The van der Waals surface area contributed by atoms with Gasteiger partial charge in [-0.25, -0.2) is 4.79 Å². The van der Waals surface area contributed by atoms with E-state index in [-0.39, 0.29) is 13.0 Å². The standard InChI is InChI=1S/C12H17N5O5/c1-2-12(4-5-14-16-13)9(20)8(19)10(22-12)17-6-3-7(18)15-11(17)21/h3,6,8-10,19-20H,2,4-5H2,1H3,(H,15,18,21)/t8?,9-,10-,12+/m1/s1. The van der Waals surface area contributed by atoms with Gasteiger partial charge in [0.2, 0.25) is 0 Å². The zero-order chi connectivity index (χ0) is 16.3. The first kappa shape index (κ1) is 16.2. The number of nitrogens with zero attached hydrogens (tertiary/aromatic N) is 4.